The maximum Gasteiger partial charge on any atom is 0.316 e. The predicted molar refractivity (Wildman–Crippen MR) is 118 cm³/mol. The van der Waals surface area contributed by atoms with Gasteiger partial charge in [-0.15, -0.1) is 0 Å². The van der Waals surface area contributed by atoms with Crippen LogP contribution < -0.4 is 11.1 Å². The number of nitrogens with one attached hydrogen (secondary N) is 1. The molecule has 1 aromatic rings. The predicted octanol–water partition coefficient (Wildman–Crippen LogP) is 5.60. The molecule has 1 aromatic carbocycles. The Kier molecular flexibility index (Phi) is 13.4. The number of anilines is 1. The largest absolute Gasteiger partial charge is 0.351 e. The van der Waals surface area contributed by atoms with E-state index in [4.69, 9.17) is 19.9 Å². The number of urea groups is 1. The molecule has 6 nitrogen and oxygen atoms in total. The number of ether oxygens (including phenoxy) is 3. The van der Waals surface area contributed by atoms with E-state index < -0.39 is 12.0 Å². The fourth-order valence-electron chi connectivity index (χ4n) is 3.54. The van der Waals surface area contributed by atoms with E-state index in [0.717, 1.165) is 24.9 Å². The summed E-state index contributed by atoms with van der Waals surface area (Å²) in [4.78, 5) is 10.8. The summed E-state index contributed by atoms with van der Waals surface area (Å²) < 4.78 is 15.9. The molecule has 0 radical (unpaired) electrons. The van der Waals surface area contributed by atoms with Crippen LogP contribution in [-0.2, 0) is 20.6 Å². The molecule has 0 saturated heterocycles. The van der Waals surface area contributed by atoms with Gasteiger partial charge in [-0.25, -0.2) is 4.79 Å². The zero-order valence-electron chi connectivity index (χ0n) is 18.5. The first-order valence-electron chi connectivity index (χ1n) is 10.9. The van der Waals surface area contributed by atoms with Crippen LogP contribution in [-0.4, -0.2) is 33.3 Å². The highest BCUT2D eigenvalue weighted by molar-refractivity contribution is 5.87. The van der Waals surface area contributed by atoms with Gasteiger partial charge in [-0.3, -0.25) is 0 Å². The number of amides is 2. The van der Waals surface area contributed by atoms with Gasteiger partial charge in [0.15, 0.2) is 0 Å². The molecule has 0 bridgehead atoms. The van der Waals surface area contributed by atoms with Crippen LogP contribution in [0.2, 0.25) is 0 Å². The number of nitrogens with two attached hydrogens (primary N) is 1. The Morgan fingerprint density at radius 3 is 1.69 bits per heavy atom. The number of primary amides is 1. The number of aryl methyl sites for hydroxylation is 1. The second-order valence-electron chi connectivity index (χ2n) is 7.52. The van der Waals surface area contributed by atoms with Crippen molar-refractivity contribution in [3.05, 3.63) is 29.8 Å². The monoisotopic (exact) mass is 408 g/mol. The van der Waals surface area contributed by atoms with Gasteiger partial charge < -0.3 is 25.3 Å². The second-order valence-corrected chi connectivity index (χ2v) is 7.52. The molecule has 1 rings (SSSR count). The number of hydrogen-bond donors (Lipinski definition) is 2. The zero-order valence-corrected chi connectivity index (χ0v) is 18.5. The zero-order chi connectivity index (χ0) is 21.4. The van der Waals surface area contributed by atoms with Crippen molar-refractivity contribution in [2.24, 2.45) is 5.73 Å². The second kappa shape index (κ2) is 15.2. The van der Waals surface area contributed by atoms with Gasteiger partial charge in [-0.1, -0.05) is 63.5 Å². The molecule has 0 saturated carbocycles. The average Bonchev–Trinajstić information content (AvgIpc) is 2.73. The Morgan fingerprint density at radius 1 is 0.793 bits per heavy atom. The third-order valence-corrected chi connectivity index (χ3v) is 5.35. The van der Waals surface area contributed by atoms with Gasteiger partial charge in [0, 0.05) is 33.4 Å². The quantitative estimate of drug-likeness (QED) is 0.259. The summed E-state index contributed by atoms with van der Waals surface area (Å²) in [7, 11) is 4.85. The molecule has 0 fully saturated rings. The van der Waals surface area contributed by atoms with Crippen molar-refractivity contribution in [2.75, 3.05) is 26.6 Å². The van der Waals surface area contributed by atoms with Crippen molar-refractivity contribution in [1.29, 1.82) is 0 Å². The third-order valence-electron chi connectivity index (χ3n) is 5.35. The van der Waals surface area contributed by atoms with E-state index in [-0.39, 0.29) is 0 Å². The minimum Gasteiger partial charge on any atom is -0.351 e. The molecule has 0 aliphatic carbocycles. The number of benzene rings is 1. The highest BCUT2D eigenvalue weighted by Gasteiger charge is 2.28. The Labute approximate surface area is 176 Å². The van der Waals surface area contributed by atoms with E-state index in [1.807, 2.05) is 12.1 Å². The lowest BCUT2D eigenvalue weighted by Gasteiger charge is -2.28. The van der Waals surface area contributed by atoms with Crippen molar-refractivity contribution < 1.29 is 19.0 Å². The number of rotatable bonds is 17. The molecule has 0 spiro atoms. The van der Waals surface area contributed by atoms with E-state index in [2.05, 4.69) is 17.4 Å². The smallest absolute Gasteiger partial charge is 0.316 e. The molecule has 0 atom stereocenters. The molecular weight excluding hydrogens is 368 g/mol. The average molecular weight is 409 g/mol. The molecule has 0 unspecified atom stereocenters. The molecular formula is C23H40N2O4. The Balaban J connectivity index is 1.94. The lowest BCUT2D eigenvalue weighted by atomic mass is 10.0. The van der Waals surface area contributed by atoms with E-state index in [1.165, 1.54) is 63.4 Å². The topological polar surface area (TPSA) is 82.8 Å². The highest BCUT2D eigenvalue weighted by Crippen LogP contribution is 2.21. The summed E-state index contributed by atoms with van der Waals surface area (Å²) in [6.07, 6.45) is 14.4. The number of carbonyl (C=O) groups excluding carboxylic acids is 1. The van der Waals surface area contributed by atoms with E-state index in [1.54, 1.807) is 21.3 Å². The summed E-state index contributed by atoms with van der Waals surface area (Å²) in [6, 6.07) is 7.39. The fourth-order valence-corrected chi connectivity index (χ4v) is 3.54. The van der Waals surface area contributed by atoms with E-state index in [0.29, 0.717) is 0 Å². The standard InChI is InChI=1S/C23H40N2O4/c1-27-23(28-2,29-3)19-13-11-9-7-5-4-6-8-10-12-14-20-15-17-21(18-16-20)25-22(24)26/h15-18H,4-14,19H2,1-3H3,(H3,24,25,26). The Hall–Kier alpha value is -1.63. The van der Waals surface area contributed by atoms with Crippen molar-refractivity contribution in [3.8, 4) is 0 Å². The van der Waals surface area contributed by atoms with Gasteiger partial charge in [0.05, 0.1) is 0 Å². The normalized spacial score (nSPS) is 11.6. The van der Waals surface area contributed by atoms with Gasteiger partial charge in [0.25, 0.3) is 5.97 Å². The van der Waals surface area contributed by atoms with Gasteiger partial charge in [0.1, 0.15) is 0 Å². The molecule has 2 amide bonds. The maximum atomic E-state index is 10.8. The van der Waals surface area contributed by atoms with Crippen molar-refractivity contribution in [3.63, 3.8) is 0 Å². The van der Waals surface area contributed by atoms with E-state index >= 15 is 0 Å². The van der Waals surface area contributed by atoms with Crippen LogP contribution in [0.15, 0.2) is 24.3 Å². The summed E-state index contributed by atoms with van der Waals surface area (Å²) in [5, 5.41) is 2.58. The molecule has 29 heavy (non-hydrogen) atoms. The first kappa shape index (κ1) is 25.4. The summed E-state index contributed by atoms with van der Waals surface area (Å²) in [5.41, 5.74) is 7.16. The minimum atomic E-state index is -0.873. The van der Waals surface area contributed by atoms with Gasteiger partial charge >= 0.3 is 6.03 Å². The maximum absolute atomic E-state index is 10.8. The summed E-state index contributed by atoms with van der Waals surface area (Å²) in [5.74, 6) is -0.873. The minimum absolute atomic E-state index is 0.525. The number of unbranched alkanes of at least 4 members (excludes halogenated alkanes) is 9. The van der Waals surface area contributed by atoms with Crippen molar-refractivity contribution in [2.45, 2.75) is 83.0 Å². The van der Waals surface area contributed by atoms with Crippen molar-refractivity contribution in [1.82, 2.24) is 0 Å². The Bertz CT molecular complexity index is 536. The molecule has 0 aromatic heterocycles. The SMILES string of the molecule is COC(CCCCCCCCCCCCc1ccc(NC(N)=O)cc1)(OC)OC. The first-order chi connectivity index (χ1) is 14.0. The van der Waals surface area contributed by atoms with Gasteiger partial charge in [-0.2, -0.15) is 0 Å². The molecule has 0 aliphatic rings. The van der Waals surface area contributed by atoms with Crippen LogP contribution >= 0.6 is 0 Å². The van der Waals surface area contributed by atoms with Crippen LogP contribution in [0.4, 0.5) is 10.5 Å². The molecule has 3 N–H and O–H groups in total. The van der Waals surface area contributed by atoms with Crippen LogP contribution in [0.25, 0.3) is 0 Å². The van der Waals surface area contributed by atoms with Crippen molar-refractivity contribution >= 4 is 11.7 Å². The first-order valence-corrected chi connectivity index (χ1v) is 10.9. The molecule has 0 heterocycles. The van der Waals surface area contributed by atoms with Crippen LogP contribution in [0.1, 0.15) is 76.2 Å². The van der Waals surface area contributed by atoms with Crippen LogP contribution in [0.3, 0.4) is 0 Å². The van der Waals surface area contributed by atoms with Crippen LogP contribution in [0, 0.1) is 0 Å². The molecule has 166 valence electrons. The number of carbonyl (C=O) groups is 1. The third kappa shape index (κ3) is 11.2. The van der Waals surface area contributed by atoms with Gasteiger partial charge in [0.2, 0.25) is 0 Å². The van der Waals surface area contributed by atoms with Crippen LogP contribution in [0.5, 0.6) is 0 Å². The number of hydrogen-bond acceptors (Lipinski definition) is 4. The highest BCUT2D eigenvalue weighted by atomic mass is 16.9. The summed E-state index contributed by atoms with van der Waals surface area (Å²) >= 11 is 0. The lowest BCUT2D eigenvalue weighted by molar-refractivity contribution is -0.355. The van der Waals surface area contributed by atoms with E-state index in [9.17, 15) is 4.79 Å². The summed E-state index contributed by atoms with van der Waals surface area (Å²) in [6.45, 7) is 0. The number of methoxy groups -OCH3 is 3. The molecule has 6 heteroatoms. The Morgan fingerprint density at radius 2 is 1.24 bits per heavy atom. The molecule has 0 aliphatic heterocycles. The fraction of sp³-hybridized carbons (Fsp3) is 0.696. The van der Waals surface area contributed by atoms with Gasteiger partial charge in [-0.05, 0) is 37.0 Å². The lowest BCUT2D eigenvalue weighted by Crippen LogP contribution is -2.35.